The van der Waals surface area contributed by atoms with Crippen LogP contribution >= 0.6 is 0 Å². The highest BCUT2D eigenvalue weighted by atomic mass is 16.6. The number of pyridine rings is 1. The van der Waals surface area contributed by atoms with E-state index in [-0.39, 0.29) is 0 Å². The summed E-state index contributed by atoms with van der Waals surface area (Å²) in [5, 5.41) is 10.0. The maximum atomic E-state index is 10.0. The molecule has 1 atom stereocenters. The van der Waals surface area contributed by atoms with E-state index in [1.165, 1.54) is 24.0 Å². The Morgan fingerprint density at radius 2 is 2.21 bits per heavy atom. The Morgan fingerprint density at radius 1 is 1.42 bits per heavy atom. The summed E-state index contributed by atoms with van der Waals surface area (Å²) in [7, 11) is 0. The van der Waals surface area contributed by atoms with Crippen LogP contribution < -0.4 is 0 Å². The van der Waals surface area contributed by atoms with E-state index < -0.39 is 6.29 Å². The molecule has 1 aliphatic rings. The van der Waals surface area contributed by atoms with Crippen molar-refractivity contribution in [2.24, 2.45) is 0 Å². The maximum Gasteiger partial charge on any atom is 0.200 e. The van der Waals surface area contributed by atoms with Crippen molar-refractivity contribution < 1.29 is 9.84 Å². The molecule has 102 valence electrons. The minimum Gasteiger partial charge on any atom is -0.363 e. The molecular weight excluding hydrogens is 240 g/mol. The molecular formula is C15H20N2O2. The van der Waals surface area contributed by atoms with Crippen molar-refractivity contribution >= 4 is 5.65 Å². The molecule has 2 heterocycles. The SMILES string of the molecule is CCOC(O)c1nc2c3c(ccn2c1C)CCCC3. The first-order chi connectivity index (χ1) is 9.22. The third-order valence-corrected chi connectivity index (χ3v) is 3.95. The first kappa shape index (κ1) is 12.6. The Bertz CT molecular complexity index is 604. The molecule has 0 saturated heterocycles. The number of hydrogen-bond acceptors (Lipinski definition) is 3. The molecule has 3 rings (SSSR count). The molecule has 0 amide bonds. The summed E-state index contributed by atoms with van der Waals surface area (Å²) < 4.78 is 7.33. The first-order valence-electron chi connectivity index (χ1n) is 7.01. The topological polar surface area (TPSA) is 46.8 Å². The van der Waals surface area contributed by atoms with Gasteiger partial charge in [0, 0.05) is 18.5 Å². The van der Waals surface area contributed by atoms with Gasteiger partial charge in [0.2, 0.25) is 0 Å². The predicted molar refractivity (Wildman–Crippen MR) is 73.2 cm³/mol. The fourth-order valence-corrected chi connectivity index (χ4v) is 2.93. The van der Waals surface area contributed by atoms with Crippen LogP contribution in [0.1, 0.15) is 48.6 Å². The second-order valence-electron chi connectivity index (χ2n) is 5.11. The van der Waals surface area contributed by atoms with Crippen LogP contribution in [0.5, 0.6) is 0 Å². The van der Waals surface area contributed by atoms with Gasteiger partial charge in [-0.3, -0.25) is 0 Å². The number of hydrogen-bond donors (Lipinski definition) is 1. The van der Waals surface area contributed by atoms with Gasteiger partial charge in [0.25, 0.3) is 0 Å². The summed E-state index contributed by atoms with van der Waals surface area (Å²) in [6, 6.07) is 2.19. The van der Waals surface area contributed by atoms with Crippen molar-refractivity contribution in [3.05, 3.63) is 34.8 Å². The molecule has 0 fully saturated rings. The summed E-state index contributed by atoms with van der Waals surface area (Å²) in [5.41, 5.74) is 5.33. The zero-order valence-corrected chi connectivity index (χ0v) is 11.5. The molecule has 1 unspecified atom stereocenters. The Labute approximate surface area is 113 Å². The van der Waals surface area contributed by atoms with Crippen LogP contribution in [-0.2, 0) is 17.6 Å². The second kappa shape index (κ2) is 4.94. The molecule has 0 aliphatic heterocycles. The molecule has 0 saturated carbocycles. The lowest BCUT2D eigenvalue weighted by molar-refractivity contribution is -0.101. The third kappa shape index (κ3) is 2.05. The number of rotatable bonds is 3. The van der Waals surface area contributed by atoms with Crippen molar-refractivity contribution in [2.45, 2.75) is 45.8 Å². The van der Waals surface area contributed by atoms with Gasteiger partial charge in [0.05, 0.1) is 0 Å². The van der Waals surface area contributed by atoms with Crippen LogP contribution in [0, 0.1) is 6.92 Å². The average Bonchev–Trinajstić information content (AvgIpc) is 2.77. The van der Waals surface area contributed by atoms with Crippen LogP contribution in [0.4, 0.5) is 0 Å². The number of aromatic nitrogens is 2. The number of fused-ring (bicyclic) bond motifs is 3. The van der Waals surface area contributed by atoms with Crippen LogP contribution in [0.2, 0.25) is 0 Å². The van der Waals surface area contributed by atoms with Gasteiger partial charge in [-0.1, -0.05) is 0 Å². The van der Waals surface area contributed by atoms with Gasteiger partial charge in [-0.15, -0.1) is 0 Å². The lowest BCUT2D eigenvalue weighted by Crippen LogP contribution is -2.05. The van der Waals surface area contributed by atoms with Gasteiger partial charge in [-0.25, -0.2) is 4.98 Å². The van der Waals surface area contributed by atoms with E-state index in [0.717, 1.165) is 24.2 Å². The Balaban J connectivity index is 2.14. The molecule has 4 nitrogen and oxygen atoms in total. The highest BCUT2D eigenvalue weighted by Gasteiger charge is 2.20. The summed E-state index contributed by atoms with van der Waals surface area (Å²) in [4.78, 5) is 4.63. The normalized spacial score (nSPS) is 16.6. The molecule has 2 aromatic heterocycles. The number of aliphatic hydroxyl groups is 1. The summed E-state index contributed by atoms with van der Waals surface area (Å²) in [6.45, 7) is 4.33. The van der Waals surface area contributed by atoms with Gasteiger partial charge in [-0.2, -0.15) is 0 Å². The Hall–Kier alpha value is -1.39. The van der Waals surface area contributed by atoms with E-state index in [1.807, 2.05) is 13.8 Å². The minimum absolute atomic E-state index is 0.479. The highest BCUT2D eigenvalue weighted by Crippen LogP contribution is 2.28. The second-order valence-corrected chi connectivity index (χ2v) is 5.11. The van der Waals surface area contributed by atoms with Crippen molar-refractivity contribution in [2.75, 3.05) is 6.61 Å². The fourth-order valence-electron chi connectivity index (χ4n) is 2.93. The molecule has 1 aliphatic carbocycles. The molecule has 0 aromatic carbocycles. The van der Waals surface area contributed by atoms with Gasteiger partial charge in [0.15, 0.2) is 6.29 Å². The van der Waals surface area contributed by atoms with Crippen LogP contribution in [0.15, 0.2) is 12.3 Å². The van der Waals surface area contributed by atoms with Crippen LogP contribution in [0.3, 0.4) is 0 Å². The summed E-state index contributed by atoms with van der Waals surface area (Å²) >= 11 is 0. The molecule has 2 aromatic rings. The zero-order valence-electron chi connectivity index (χ0n) is 11.5. The number of ether oxygens (including phenoxy) is 1. The predicted octanol–water partition coefficient (Wildman–Crippen LogP) is 2.55. The lowest BCUT2D eigenvalue weighted by atomic mass is 9.93. The summed E-state index contributed by atoms with van der Waals surface area (Å²) in [6.07, 6.45) is 5.84. The molecule has 4 heteroatoms. The number of imidazole rings is 1. The highest BCUT2D eigenvalue weighted by molar-refractivity contribution is 5.55. The largest absolute Gasteiger partial charge is 0.363 e. The van der Waals surface area contributed by atoms with Gasteiger partial charge >= 0.3 is 0 Å². The Morgan fingerprint density at radius 3 is 3.00 bits per heavy atom. The molecule has 0 bridgehead atoms. The van der Waals surface area contributed by atoms with E-state index in [2.05, 4.69) is 21.6 Å². The van der Waals surface area contributed by atoms with E-state index in [4.69, 9.17) is 4.74 Å². The van der Waals surface area contributed by atoms with Gasteiger partial charge in [-0.05, 0) is 56.7 Å². The van der Waals surface area contributed by atoms with Crippen LogP contribution in [0.25, 0.3) is 5.65 Å². The van der Waals surface area contributed by atoms with E-state index >= 15 is 0 Å². The number of aliphatic hydroxyl groups excluding tert-OH is 1. The average molecular weight is 260 g/mol. The standard InChI is InChI=1S/C15H20N2O2/c1-3-19-15(18)13-10(2)17-9-8-11-6-4-5-7-12(11)14(17)16-13/h8-9,15,18H,3-7H2,1-2H3. The van der Waals surface area contributed by atoms with Gasteiger partial charge < -0.3 is 14.2 Å². The minimum atomic E-state index is -0.927. The van der Waals surface area contributed by atoms with Crippen molar-refractivity contribution in [3.63, 3.8) is 0 Å². The number of nitrogens with zero attached hydrogens (tertiary/aromatic N) is 2. The molecule has 0 radical (unpaired) electrons. The monoisotopic (exact) mass is 260 g/mol. The molecule has 0 spiro atoms. The lowest BCUT2D eigenvalue weighted by Gasteiger charge is -2.16. The Kier molecular flexibility index (Phi) is 3.29. The summed E-state index contributed by atoms with van der Waals surface area (Å²) in [5.74, 6) is 0. The zero-order chi connectivity index (χ0) is 13.4. The number of aryl methyl sites for hydroxylation is 3. The fraction of sp³-hybridized carbons (Fsp3) is 0.533. The van der Waals surface area contributed by atoms with E-state index in [9.17, 15) is 5.11 Å². The smallest absolute Gasteiger partial charge is 0.200 e. The van der Waals surface area contributed by atoms with Crippen molar-refractivity contribution in [1.82, 2.24) is 9.38 Å². The van der Waals surface area contributed by atoms with Crippen molar-refractivity contribution in [1.29, 1.82) is 0 Å². The maximum absolute atomic E-state index is 10.0. The van der Waals surface area contributed by atoms with Crippen LogP contribution in [-0.4, -0.2) is 21.1 Å². The van der Waals surface area contributed by atoms with Crippen molar-refractivity contribution in [3.8, 4) is 0 Å². The third-order valence-electron chi connectivity index (χ3n) is 3.95. The first-order valence-corrected chi connectivity index (χ1v) is 7.01. The van der Waals surface area contributed by atoms with E-state index in [1.54, 1.807) is 0 Å². The molecule has 1 N–H and O–H groups in total. The molecule has 19 heavy (non-hydrogen) atoms. The van der Waals surface area contributed by atoms with E-state index in [0.29, 0.717) is 12.3 Å². The quantitative estimate of drug-likeness (QED) is 0.863. The van der Waals surface area contributed by atoms with Gasteiger partial charge in [0.1, 0.15) is 11.3 Å².